The summed E-state index contributed by atoms with van der Waals surface area (Å²) in [6.45, 7) is 9.10. The van der Waals surface area contributed by atoms with E-state index in [4.69, 9.17) is 0 Å². The Labute approximate surface area is 179 Å². The van der Waals surface area contributed by atoms with Crippen molar-refractivity contribution in [1.82, 2.24) is 14.7 Å². The van der Waals surface area contributed by atoms with Crippen LogP contribution in [0.2, 0.25) is 0 Å². The smallest absolute Gasteiger partial charge is 0.244 e. The van der Waals surface area contributed by atoms with Crippen molar-refractivity contribution in [3.8, 4) is 0 Å². The van der Waals surface area contributed by atoms with E-state index in [2.05, 4.69) is 5.10 Å². The Morgan fingerprint density at radius 3 is 2.50 bits per heavy atom. The van der Waals surface area contributed by atoms with Gasteiger partial charge in [-0.25, -0.2) is 0 Å². The highest BCUT2D eigenvalue weighted by Crippen LogP contribution is 2.28. The maximum absolute atomic E-state index is 13.1. The van der Waals surface area contributed by atoms with Crippen LogP contribution in [0.4, 0.5) is 0 Å². The highest BCUT2D eigenvalue weighted by atomic mass is 16.3. The average molecular weight is 414 g/mol. The van der Waals surface area contributed by atoms with Crippen LogP contribution in [0.25, 0.3) is 10.9 Å². The van der Waals surface area contributed by atoms with Crippen LogP contribution in [0.3, 0.4) is 0 Å². The molecule has 0 unspecified atom stereocenters. The van der Waals surface area contributed by atoms with E-state index in [1.807, 2.05) is 44.7 Å². The predicted octanol–water partition coefficient (Wildman–Crippen LogP) is 4.19. The molecule has 1 saturated carbocycles. The molecule has 164 valence electrons. The van der Waals surface area contributed by atoms with Gasteiger partial charge in [0.15, 0.2) is 5.78 Å². The second kappa shape index (κ2) is 9.29. The van der Waals surface area contributed by atoms with Crippen LogP contribution in [0, 0.1) is 11.3 Å². The highest BCUT2D eigenvalue weighted by molar-refractivity contribution is 6.08. The largest absolute Gasteiger partial charge is 0.392 e. The van der Waals surface area contributed by atoms with Crippen LogP contribution in [0.15, 0.2) is 18.2 Å². The van der Waals surface area contributed by atoms with Gasteiger partial charge in [-0.05, 0) is 37.3 Å². The van der Waals surface area contributed by atoms with Crippen molar-refractivity contribution in [2.75, 3.05) is 13.1 Å². The van der Waals surface area contributed by atoms with Gasteiger partial charge < -0.3 is 10.0 Å². The number of aromatic nitrogens is 2. The van der Waals surface area contributed by atoms with Crippen LogP contribution >= 0.6 is 0 Å². The first-order valence-electron chi connectivity index (χ1n) is 11.2. The number of ketones is 1. The van der Waals surface area contributed by atoms with Gasteiger partial charge in [0.2, 0.25) is 5.91 Å². The minimum atomic E-state index is -0.567. The monoisotopic (exact) mass is 413 g/mol. The van der Waals surface area contributed by atoms with Gasteiger partial charge in [-0.2, -0.15) is 5.10 Å². The average Bonchev–Trinajstić information content (AvgIpc) is 3.08. The summed E-state index contributed by atoms with van der Waals surface area (Å²) in [6, 6.07) is 5.46. The molecule has 3 rings (SSSR count). The highest BCUT2D eigenvalue weighted by Gasteiger charge is 2.29. The van der Waals surface area contributed by atoms with Gasteiger partial charge in [-0.1, -0.05) is 52.2 Å². The summed E-state index contributed by atoms with van der Waals surface area (Å²) in [5.41, 5.74) is 1.28. The maximum Gasteiger partial charge on any atom is 0.244 e. The van der Waals surface area contributed by atoms with E-state index in [0.717, 1.165) is 23.0 Å². The molecule has 6 heteroatoms. The molecule has 1 aromatic heterocycles. The summed E-state index contributed by atoms with van der Waals surface area (Å²) in [6.07, 6.45) is 6.19. The van der Waals surface area contributed by atoms with E-state index >= 15 is 0 Å². The fourth-order valence-corrected chi connectivity index (χ4v) is 4.28. The minimum Gasteiger partial charge on any atom is -0.392 e. The number of carbonyl (C=O) groups is 2. The first-order chi connectivity index (χ1) is 14.2. The molecule has 0 saturated heterocycles. The number of likely N-dealkylation sites (N-methyl/N-ethyl adjacent to an activating group) is 1. The number of rotatable bonds is 7. The number of fused-ring (bicyclic) bond motifs is 1. The SMILES string of the molecule is CCN(CC1CCCCC1)C(=O)Cn1nc(C(=O)C(C)(C)C)c2ccc(CO)cc21. The molecule has 1 heterocycles. The Hall–Kier alpha value is -2.21. The third kappa shape index (κ3) is 4.91. The van der Waals surface area contributed by atoms with Crippen LogP contribution in [-0.4, -0.2) is 44.6 Å². The second-order valence-corrected chi connectivity index (χ2v) is 9.53. The first kappa shape index (κ1) is 22.5. The molecule has 1 aromatic carbocycles. The lowest BCUT2D eigenvalue weighted by Gasteiger charge is -2.29. The lowest BCUT2D eigenvalue weighted by atomic mass is 9.88. The van der Waals surface area contributed by atoms with Gasteiger partial charge in [0, 0.05) is 23.9 Å². The molecule has 1 N–H and O–H groups in total. The number of aliphatic hydroxyl groups excluding tert-OH is 1. The van der Waals surface area contributed by atoms with Gasteiger partial charge >= 0.3 is 0 Å². The number of hydrogen-bond acceptors (Lipinski definition) is 4. The molecule has 0 atom stereocenters. The Bertz CT molecular complexity index is 904. The van der Waals surface area contributed by atoms with Gasteiger partial charge in [-0.3, -0.25) is 14.3 Å². The van der Waals surface area contributed by atoms with Crippen molar-refractivity contribution in [2.45, 2.75) is 73.0 Å². The van der Waals surface area contributed by atoms with Gasteiger partial charge in [0.1, 0.15) is 12.2 Å². The van der Waals surface area contributed by atoms with Gasteiger partial charge in [-0.15, -0.1) is 0 Å². The van der Waals surface area contributed by atoms with E-state index in [9.17, 15) is 14.7 Å². The molecular formula is C24H35N3O3. The second-order valence-electron chi connectivity index (χ2n) is 9.53. The number of aliphatic hydroxyl groups is 1. The van der Waals surface area contributed by atoms with Gasteiger partial charge in [0.25, 0.3) is 0 Å². The summed E-state index contributed by atoms with van der Waals surface area (Å²) in [4.78, 5) is 28.0. The van der Waals surface area contributed by atoms with Crippen LogP contribution in [0.1, 0.15) is 75.9 Å². The molecule has 0 radical (unpaired) electrons. The van der Waals surface area contributed by atoms with Crippen LogP contribution < -0.4 is 0 Å². The standard InChI is InChI=1S/C24H35N3O3/c1-5-26(14-17-9-7-6-8-10-17)21(29)15-27-20-13-18(16-28)11-12-19(20)22(25-27)23(30)24(2,3)4/h11-13,17,28H,5-10,14-16H2,1-4H3. The van der Waals surface area contributed by atoms with Crippen molar-refractivity contribution in [3.63, 3.8) is 0 Å². The minimum absolute atomic E-state index is 0.0247. The van der Waals surface area contributed by atoms with Crippen molar-refractivity contribution in [2.24, 2.45) is 11.3 Å². The fourth-order valence-electron chi connectivity index (χ4n) is 4.28. The molecule has 1 aliphatic carbocycles. The number of Topliss-reactive ketones (excluding diaryl/α,β-unsaturated/α-hetero) is 1. The van der Waals surface area contributed by atoms with Crippen LogP contribution in [-0.2, 0) is 17.9 Å². The Morgan fingerprint density at radius 2 is 1.90 bits per heavy atom. The number of hydrogen-bond donors (Lipinski definition) is 1. The molecule has 0 bridgehead atoms. The third-order valence-electron chi connectivity index (χ3n) is 6.12. The quantitative estimate of drug-likeness (QED) is 0.691. The van der Waals surface area contributed by atoms with Crippen molar-refractivity contribution in [3.05, 3.63) is 29.5 Å². The zero-order valence-electron chi connectivity index (χ0n) is 18.8. The molecule has 2 aromatic rings. The molecule has 0 aliphatic heterocycles. The maximum atomic E-state index is 13.1. The Balaban J connectivity index is 1.89. The number of amides is 1. The lowest BCUT2D eigenvalue weighted by Crippen LogP contribution is -2.38. The normalized spacial score (nSPS) is 15.5. The van der Waals surface area contributed by atoms with Crippen molar-refractivity contribution >= 4 is 22.6 Å². The molecular weight excluding hydrogens is 378 g/mol. The summed E-state index contributed by atoms with van der Waals surface area (Å²) in [5.74, 6) is 0.553. The summed E-state index contributed by atoms with van der Waals surface area (Å²) >= 11 is 0. The Morgan fingerprint density at radius 1 is 1.20 bits per heavy atom. The first-order valence-corrected chi connectivity index (χ1v) is 11.2. The molecule has 1 amide bonds. The van der Waals surface area contributed by atoms with E-state index in [1.165, 1.54) is 32.1 Å². The number of benzene rings is 1. The topological polar surface area (TPSA) is 75.4 Å². The van der Waals surface area contributed by atoms with Gasteiger partial charge in [0.05, 0.1) is 12.1 Å². The fraction of sp³-hybridized carbons (Fsp3) is 0.625. The van der Waals surface area contributed by atoms with E-state index in [-0.39, 0.29) is 24.8 Å². The zero-order valence-corrected chi connectivity index (χ0v) is 18.8. The molecule has 30 heavy (non-hydrogen) atoms. The molecule has 6 nitrogen and oxygen atoms in total. The van der Waals surface area contributed by atoms with Crippen molar-refractivity contribution in [1.29, 1.82) is 0 Å². The Kier molecular flexibility index (Phi) is 6.96. The number of nitrogens with zero attached hydrogens (tertiary/aromatic N) is 3. The summed E-state index contributed by atoms with van der Waals surface area (Å²) < 4.78 is 1.64. The van der Waals surface area contributed by atoms with Crippen LogP contribution in [0.5, 0.6) is 0 Å². The lowest BCUT2D eigenvalue weighted by molar-refractivity contribution is -0.132. The summed E-state index contributed by atoms with van der Waals surface area (Å²) in [7, 11) is 0. The summed E-state index contributed by atoms with van der Waals surface area (Å²) in [5, 5.41) is 14.9. The van der Waals surface area contributed by atoms with Crippen molar-refractivity contribution < 1.29 is 14.7 Å². The molecule has 1 aliphatic rings. The van der Waals surface area contributed by atoms with E-state index in [0.29, 0.717) is 18.2 Å². The van der Waals surface area contributed by atoms with E-state index < -0.39 is 5.41 Å². The predicted molar refractivity (Wildman–Crippen MR) is 118 cm³/mol. The number of carbonyl (C=O) groups excluding carboxylic acids is 2. The molecule has 1 fully saturated rings. The molecule has 0 spiro atoms. The zero-order chi connectivity index (χ0) is 21.9. The third-order valence-corrected chi connectivity index (χ3v) is 6.12. The van der Waals surface area contributed by atoms with E-state index in [1.54, 1.807) is 10.7 Å².